The molecule has 0 unspecified atom stereocenters. The van der Waals surface area contributed by atoms with Crippen molar-refractivity contribution in [1.82, 2.24) is 10.3 Å². The molecule has 1 aromatic carbocycles. The summed E-state index contributed by atoms with van der Waals surface area (Å²) in [7, 11) is 0. The molecule has 0 aliphatic carbocycles. The quantitative estimate of drug-likeness (QED) is 0.724. The van der Waals surface area contributed by atoms with E-state index in [-0.39, 0.29) is 0 Å². The molecule has 0 saturated heterocycles. The molecule has 0 radical (unpaired) electrons. The van der Waals surface area contributed by atoms with Crippen LogP contribution in [0, 0.1) is 13.8 Å². The minimum absolute atomic E-state index is 0.550. The number of benzene rings is 1. The van der Waals surface area contributed by atoms with Gasteiger partial charge in [-0.1, -0.05) is 34.6 Å². The highest BCUT2D eigenvalue weighted by molar-refractivity contribution is 6.13. The third kappa shape index (κ3) is 2.09. The first-order valence-corrected chi connectivity index (χ1v) is 7.02. The van der Waals surface area contributed by atoms with Crippen LogP contribution in [0.15, 0.2) is 50.4 Å². The fourth-order valence-corrected chi connectivity index (χ4v) is 2.57. The highest BCUT2D eigenvalue weighted by Crippen LogP contribution is 2.30. The van der Waals surface area contributed by atoms with Gasteiger partial charge in [0.2, 0.25) is 0 Å². The van der Waals surface area contributed by atoms with Crippen molar-refractivity contribution in [2.45, 2.75) is 20.4 Å². The summed E-state index contributed by atoms with van der Waals surface area (Å²) in [6.45, 7) is 4.42. The van der Waals surface area contributed by atoms with Gasteiger partial charge < -0.3 is 13.9 Å². The van der Waals surface area contributed by atoms with Gasteiger partial charge in [0.05, 0.1) is 6.54 Å². The summed E-state index contributed by atoms with van der Waals surface area (Å²) in [6, 6.07) is 11.9. The number of fused-ring (bicyclic) bond motifs is 1. The zero-order chi connectivity index (χ0) is 15.1. The molecule has 0 bridgehead atoms. The summed E-state index contributed by atoms with van der Waals surface area (Å²) in [6.07, 6.45) is 0. The Bertz CT molecular complexity index is 862. The summed E-state index contributed by atoms with van der Waals surface area (Å²) >= 11 is 0. The van der Waals surface area contributed by atoms with Gasteiger partial charge >= 0.3 is 0 Å². The number of anilines is 1. The van der Waals surface area contributed by atoms with Gasteiger partial charge in [-0.05, 0) is 19.4 Å². The van der Waals surface area contributed by atoms with Crippen LogP contribution in [0.5, 0.6) is 0 Å². The Balaban J connectivity index is 1.83. The monoisotopic (exact) mass is 294 g/mol. The molecule has 0 amide bonds. The minimum Gasteiger partial charge on any atom is -0.360 e. The first-order valence-electron chi connectivity index (χ1n) is 7.02. The van der Waals surface area contributed by atoms with E-state index >= 15 is 0 Å². The Morgan fingerprint density at radius 2 is 1.82 bits per heavy atom. The largest absolute Gasteiger partial charge is 0.360 e. The Kier molecular flexibility index (Phi) is 2.82. The first kappa shape index (κ1) is 12.8. The van der Waals surface area contributed by atoms with E-state index in [0.717, 1.165) is 28.7 Å². The molecule has 3 heterocycles. The van der Waals surface area contributed by atoms with Gasteiger partial charge in [0.25, 0.3) is 0 Å². The Labute approximate surface area is 127 Å². The number of aryl methyl sites for hydroxylation is 2. The van der Waals surface area contributed by atoms with E-state index in [1.807, 2.05) is 43.0 Å². The van der Waals surface area contributed by atoms with Crippen molar-refractivity contribution in [3.8, 4) is 0 Å². The average molecular weight is 294 g/mol. The molecule has 0 N–H and O–H groups in total. The second-order valence-electron chi connectivity index (χ2n) is 5.27. The van der Waals surface area contributed by atoms with E-state index in [4.69, 9.17) is 9.05 Å². The van der Waals surface area contributed by atoms with Crippen LogP contribution in [0.1, 0.15) is 22.6 Å². The van der Waals surface area contributed by atoms with Crippen LogP contribution in [0.4, 0.5) is 11.6 Å². The summed E-state index contributed by atoms with van der Waals surface area (Å²) in [5.74, 6) is 3.59. The number of rotatable bonds is 2. The summed E-state index contributed by atoms with van der Waals surface area (Å²) in [5, 5.41) is 8.06. The third-order valence-corrected chi connectivity index (χ3v) is 3.57. The molecule has 22 heavy (non-hydrogen) atoms. The van der Waals surface area contributed by atoms with Gasteiger partial charge in [-0.15, -0.1) is 0 Å². The number of nitrogens with zero attached hydrogens (tertiary/aromatic N) is 4. The van der Waals surface area contributed by atoms with Gasteiger partial charge in [-0.3, -0.25) is 0 Å². The van der Waals surface area contributed by atoms with Crippen molar-refractivity contribution in [1.29, 1.82) is 0 Å². The molecule has 3 aromatic rings. The molecule has 0 fully saturated rings. The fourth-order valence-electron chi connectivity index (χ4n) is 2.57. The van der Waals surface area contributed by atoms with Crippen LogP contribution in [-0.4, -0.2) is 16.1 Å². The second-order valence-corrected chi connectivity index (χ2v) is 5.27. The van der Waals surface area contributed by atoms with E-state index in [1.54, 1.807) is 6.07 Å². The van der Waals surface area contributed by atoms with Crippen LogP contribution < -0.4 is 4.90 Å². The van der Waals surface area contributed by atoms with Crippen molar-refractivity contribution in [2.75, 3.05) is 4.90 Å². The molecular formula is C16H14N4O2. The lowest BCUT2D eigenvalue weighted by Gasteiger charge is -2.14. The van der Waals surface area contributed by atoms with Gasteiger partial charge in [-0.2, -0.15) is 0 Å². The predicted octanol–water partition coefficient (Wildman–Crippen LogP) is 3.38. The molecule has 6 heteroatoms. The molecular weight excluding hydrogens is 280 g/mol. The lowest BCUT2D eigenvalue weighted by Crippen LogP contribution is -2.24. The lowest BCUT2D eigenvalue weighted by atomic mass is 10.1. The molecule has 1 aliphatic heterocycles. The molecule has 2 aromatic heterocycles. The van der Waals surface area contributed by atoms with Crippen molar-refractivity contribution in [2.24, 2.45) is 4.99 Å². The fraction of sp³-hybridized carbons (Fsp3) is 0.188. The predicted molar refractivity (Wildman–Crippen MR) is 81.3 cm³/mol. The van der Waals surface area contributed by atoms with E-state index < -0.39 is 0 Å². The van der Waals surface area contributed by atoms with Gasteiger partial charge in [-0.25, -0.2) is 4.99 Å². The summed E-state index contributed by atoms with van der Waals surface area (Å²) in [4.78, 5) is 6.66. The highest BCUT2D eigenvalue weighted by Gasteiger charge is 2.28. The number of hydrogen-bond donors (Lipinski definition) is 0. The lowest BCUT2D eigenvalue weighted by molar-refractivity contribution is 0.398. The minimum atomic E-state index is 0.550. The van der Waals surface area contributed by atoms with Crippen molar-refractivity contribution in [3.05, 3.63) is 59.0 Å². The summed E-state index contributed by atoms with van der Waals surface area (Å²) < 4.78 is 10.3. The van der Waals surface area contributed by atoms with E-state index in [2.05, 4.69) is 21.4 Å². The van der Waals surface area contributed by atoms with Crippen LogP contribution in [0.3, 0.4) is 0 Å². The highest BCUT2D eigenvalue weighted by atomic mass is 16.5. The molecule has 4 rings (SSSR count). The van der Waals surface area contributed by atoms with Gasteiger partial charge in [0.15, 0.2) is 11.6 Å². The third-order valence-electron chi connectivity index (χ3n) is 3.57. The zero-order valence-corrected chi connectivity index (χ0v) is 12.3. The Morgan fingerprint density at radius 3 is 2.55 bits per heavy atom. The molecule has 0 spiro atoms. The topological polar surface area (TPSA) is 67.7 Å². The molecule has 110 valence electrons. The molecule has 1 aliphatic rings. The average Bonchev–Trinajstić information content (AvgIpc) is 3.20. The molecule has 6 nitrogen and oxygen atoms in total. The zero-order valence-electron chi connectivity index (χ0n) is 12.3. The van der Waals surface area contributed by atoms with E-state index in [9.17, 15) is 0 Å². The van der Waals surface area contributed by atoms with Crippen LogP contribution >= 0.6 is 0 Å². The summed E-state index contributed by atoms with van der Waals surface area (Å²) in [5.41, 5.74) is 2.27. The second kappa shape index (κ2) is 4.84. The standard InChI is InChI=1S/C16H14N4O2/c1-10-7-14(18-21-10)17-16-13-6-4-3-5-12(13)9-20(16)15-8-11(2)22-19-15/h3-8H,9H2,1-2H3. The maximum absolute atomic E-state index is 5.20. The van der Waals surface area contributed by atoms with Crippen LogP contribution in [-0.2, 0) is 6.54 Å². The van der Waals surface area contributed by atoms with Crippen molar-refractivity contribution in [3.63, 3.8) is 0 Å². The molecule has 0 saturated carbocycles. The van der Waals surface area contributed by atoms with Crippen molar-refractivity contribution < 1.29 is 9.05 Å². The maximum atomic E-state index is 5.20. The maximum Gasteiger partial charge on any atom is 0.197 e. The smallest absolute Gasteiger partial charge is 0.197 e. The van der Waals surface area contributed by atoms with Gasteiger partial charge in [0.1, 0.15) is 17.4 Å². The van der Waals surface area contributed by atoms with E-state index in [1.165, 1.54) is 5.56 Å². The Morgan fingerprint density at radius 1 is 1.05 bits per heavy atom. The first-order chi connectivity index (χ1) is 10.7. The van der Waals surface area contributed by atoms with Gasteiger partial charge in [0, 0.05) is 17.7 Å². The number of hydrogen-bond acceptors (Lipinski definition) is 5. The van der Waals surface area contributed by atoms with Crippen molar-refractivity contribution >= 4 is 17.5 Å². The number of aliphatic imine (C=N–C) groups is 1. The van der Waals surface area contributed by atoms with Crippen LogP contribution in [0.2, 0.25) is 0 Å². The SMILES string of the molecule is Cc1cc(N=C2c3ccccc3CN2c2cc(C)on2)no1. The number of amidine groups is 1. The van der Waals surface area contributed by atoms with E-state index in [0.29, 0.717) is 12.4 Å². The number of aromatic nitrogens is 2. The van der Waals surface area contributed by atoms with Crippen LogP contribution in [0.25, 0.3) is 0 Å². The normalized spacial score (nSPS) is 15.5. The molecule has 0 atom stereocenters. The Hall–Kier alpha value is -2.89.